The van der Waals surface area contributed by atoms with E-state index in [1.165, 1.54) is 30.2 Å². The highest BCUT2D eigenvalue weighted by Crippen LogP contribution is 2.19. The predicted molar refractivity (Wildman–Crippen MR) is 95.0 cm³/mol. The zero-order valence-corrected chi connectivity index (χ0v) is 14.6. The Morgan fingerprint density at radius 2 is 1.96 bits per heavy atom. The summed E-state index contributed by atoms with van der Waals surface area (Å²) in [5.41, 5.74) is 2.46. The molecular weight excluding hydrogens is 308 g/mol. The summed E-state index contributed by atoms with van der Waals surface area (Å²) in [6.07, 6.45) is 1.11. The van der Waals surface area contributed by atoms with Gasteiger partial charge in [-0.2, -0.15) is 11.8 Å². The maximum atomic E-state index is 5.46. The highest BCUT2D eigenvalue weighted by atomic mass is 32.2. The molecule has 23 heavy (non-hydrogen) atoms. The van der Waals surface area contributed by atoms with Crippen LogP contribution in [0.1, 0.15) is 30.3 Å². The van der Waals surface area contributed by atoms with Crippen LogP contribution in [0, 0.1) is 6.92 Å². The Kier molecular flexibility index (Phi) is 5.56. The molecule has 1 fully saturated rings. The standard InChI is InChI=1S/C17H24N4OS/c1-13(17-20-19-14(2)22-17)18-16-5-3-15(4-6-16)7-8-21-9-11-23-12-10-21/h3-6,13,18H,7-12H2,1-2H3/t13-/m1/s1. The number of rotatable bonds is 6. The molecule has 6 heteroatoms. The van der Waals surface area contributed by atoms with Gasteiger partial charge < -0.3 is 14.6 Å². The van der Waals surface area contributed by atoms with Crippen molar-refractivity contribution in [1.82, 2.24) is 15.1 Å². The number of aryl methyl sites for hydroxylation is 1. The fourth-order valence-electron chi connectivity index (χ4n) is 2.68. The first-order valence-electron chi connectivity index (χ1n) is 8.16. The average molecular weight is 332 g/mol. The number of hydrogen-bond acceptors (Lipinski definition) is 6. The number of aromatic nitrogens is 2. The van der Waals surface area contributed by atoms with Crippen molar-refractivity contribution in [3.05, 3.63) is 41.6 Å². The van der Waals surface area contributed by atoms with Gasteiger partial charge in [-0.05, 0) is 31.0 Å². The van der Waals surface area contributed by atoms with Crippen molar-refractivity contribution in [3.63, 3.8) is 0 Å². The van der Waals surface area contributed by atoms with Crippen LogP contribution in [-0.2, 0) is 6.42 Å². The van der Waals surface area contributed by atoms with Gasteiger partial charge in [-0.3, -0.25) is 0 Å². The number of anilines is 1. The molecule has 1 aliphatic heterocycles. The monoisotopic (exact) mass is 332 g/mol. The maximum absolute atomic E-state index is 5.46. The molecule has 1 atom stereocenters. The number of benzene rings is 1. The van der Waals surface area contributed by atoms with E-state index < -0.39 is 0 Å². The minimum absolute atomic E-state index is 0.00731. The third-order valence-corrected chi connectivity index (χ3v) is 5.01. The Labute approximate surface area is 141 Å². The summed E-state index contributed by atoms with van der Waals surface area (Å²) in [6.45, 7) is 7.44. The van der Waals surface area contributed by atoms with E-state index in [0.29, 0.717) is 11.8 Å². The van der Waals surface area contributed by atoms with Crippen LogP contribution in [0.3, 0.4) is 0 Å². The van der Waals surface area contributed by atoms with E-state index in [2.05, 4.69) is 56.4 Å². The molecule has 1 saturated heterocycles. The first kappa shape index (κ1) is 16.3. The summed E-state index contributed by atoms with van der Waals surface area (Å²) in [5, 5.41) is 11.3. The summed E-state index contributed by atoms with van der Waals surface area (Å²) >= 11 is 2.06. The van der Waals surface area contributed by atoms with E-state index in [1.54, 1.807) is 6.92 Å². The van der Waals surface area contributed by atoms with Crippen molar-refractivity contribution in [2.24, 2.45) is 0 Å². The van der Waals surface area contributed by atoms with Crippen LogP contribution in [0.4, 0.5) is 5.69 Å². The van der Waals surface area contributed by atoms with Crippen molar-refractivity contribution in [1.29, 1.82) is 0 Å². The lowest BCUT2D eigenvalue weighted by Gasteiger charge is -2.26. The molecule has 1 aromatic heterocycles. The lowest BCUT2D eigenvalue weighted by molar-refractivity contribution is 0.306. The maximum Gasteiger partial charge on any atom is 0.238 e. The second kappa shape index (κ2) is 7.84. The molecule has 0 aliphatic carbocycles. The molecule has 1 aromatic carbocycles. The number of nitrogens with one attached hydrogen (secondary N) is 1. The van der Waals surface area contributed by atoms with E-state index in [4.69, 9.17) is 4.42 Å². The zero-order valence-electron chi connectivity index (χ0n) is 13.8. The summed E-state index contributed by atoms with van der Waals surface area (Å²) in [6, 6.07) is 8.66. The smallest absolute Gasteiger partial charge is 0.238 e. The van der Waals surface area contributed by atoms with Crippen LogP contribution in [0.15, 0.2) is 28.7 Å². The minimum atomic E-state index is 0.00731. The van der Waals surface area contributed by atoms with Crippen molar-refractivity contribution in [3.8, 4) is 0 Å². The quantitative estimate of drug-likeness (QED) is 0.877. The van der Waals surface area contributed by atoms with Crippen LogP contribution < -0.4 is 5.32 Å². The number of nitrogens with zero attached hydrogens (tertiary/aromatic N) is 3. The van der Waals surface area contributed by atoms with Gasteiger partial charge in [0.15, 0.2) is 0 Å². The van der Waals surface area contributed by atoms with E-state index in [1.807, 2.05) is 6.92 Å². The lowest BCUT2D eigenvalue weighted by atomic mass is 10.1. The van der Waals surface area contributed by atoms with E-state index in [0.717, 1.165) is 18.7 Å². The van der Waals surface area contributed by atoms with Crippen molar-refractivity contribution in [2.45, 2.75) is 26.3 Å². The van der Waals surface area contributed by atoms with Gasteiger partial charge >= 0.3 is 0 Å². The summed E-state index contributed by atoms with van der Waals surface area (Å²) in [7, 11) is 0. The fourth-order valence-corrected chi connectivity index (χ4v) is 3.66. The molecule has 0 bridgehead atoms. The molecule has 1 aliphatic rings. The van der Waals surface area contributed by atoms with Crippen molar-refractivity contribution < 1.29 is 4.42 Å². The molecule has 0 amide bonds. The highest BCUT2D eigenvalue weighted by molar-refractivity contribution is 7.99. The Hall–Kier alpha value is -1.53. The topological polar surface area (TPSA) is 54.2 Å². The normalized spacial score (nSPS) is 17.1. The van der Waals surface area contributed by atoms with Crippen LogP contribution in [0.5, 0.6) is 0 Å². The second-order valence-corrected chi connectivity index (χ2v) is 7.15. The molecule has 2 aromatic rings. The minimum Gasteiger partial charge on any atom is -0.423 e. The molecule has 2 heterocycles. The Morgan fingerprint density at radius 1 is 1.22 bits per heavy atom. The van der Waals surface area contributed by atoms with Crippen LogP contribution >= 0.6 is 11.8 Å². The SMILES string of the molecule is Cc1nnc([C@@H](C)Nc2ccc(CCN3CCSCC3)cc2)o1. The predicted octanol–water partition coefficient (Wildman–Crippen LogP) is 3.14. The van der Waals surface area contributed by atoms with E-state index in [-0.39, 0.29) is 6.04 Å². The van der Waals surface area contributed by atoms with Crippen LogP contribution in [-0.4, -0.2) is 46.2 Å². The van der Waals surface area contributed by atoms with Crippen molar-refractivity contribution >= 4 is 17.4 Å². The Bertz CT molecular complexity index is 607. The highest BCUT2D eigenvalue weighted by Gasteiger charge is 2.12. The third kappa shape index (κ3) is 4.72. The van der Waals surface area contributed by atoms with Crippen LogP contribution in [0.25, 0.3) is 0 Å². The van der Waals surface area contributed by atoms with Gasteiger partial charge in [-0.15, -0.1) is 10.2 Å². The van der Waals surface area contributed by atoms with Gasteiger partial charge in [0.05, 0.1) is 0 Å². The van der Waals surface area contributed by atoms with Gasteiger partial charge in [0, 0.05) is 43.8 Å². The first-order valence-corrected chi connectivity index (χ1v) is 9.32. The summed E-state index contributed by atoms with van der Waals surface area (Å²) < 4.78 is 5.46. The summed E-state index contributed by atoms with van der Waals surface area (Å²) in [4.78, 5) is 2.56. The van der Waals surface area contributed by atoms with Gasteiger partial charge in [0.25, 0.3) is 0 Å². The van der Waals surface area contributed by atoms with E-state index >= 15 is 0 Å². The fraction of sp³-hybridized carbons (Fsp3) is 0.529. The number of thioether (sulfide) groups is 1. The van der Waals surface area contributed by atoms with Crippen molar-refractivity contribution in [2.75, 3.05) is 36.5 Å². The van der Waals surface area contributed by atoms with E-state index in [9.17, 15) is 0 Å². The molecule has 0 saturated carbocycles. The molecule has 5 nitrogen and oxygen atoms in total. The molecule has 0 radical (unpaired) electrons. The zero-order chi connectivity index (χ0) is 16.1. The summed E-state index contributed by atoms with van der Waals surface area (Å²) in [5.74, 6) is 3.76. The molecule has 1 N–H and O–H groups in total. The molecule has 124 valence electrons. The third-order valence-electron chi connectivity index (χ3n) is 4.07. The number of hydrogen-bond donors (Lipinski definition) is 1. The van der Waals surface area contributed by atoms with Gasteiger partial charge in [-0.1, -0.05) is 12.1 Å². The van der Waals surface area contributed by atoms with Gasteiger partial charge in [-0.25, -0.2) is 0 Å². The van der Waals surface area contributed by atoms with Gasteiger partial charge in [0.1, 0.15) is 6.04 Å². The molecule has 3 rings (SSSR count). The molecule has 0 spiro atoms. The Balaban J connectivity index is 1.50. The Morgan fingerprint density at radius 3 is 2.61 bits per heavy atom. The molecule has 0 unspecified atom stereocenters. The second-order valence-electron chi connectivity index (χ2n) is 5.93. The average Bonchev–Trinajstić information content (AvgIpc) is 3.02. The lowest BCUT2D eigenvalue weighted by Crippen LogP contribution is -2.34. The largest absolute Gasteiger partial charge is 0.423 e. The first-order chi connectivity index (χ1) is 11.2. The van der Waals surface area contributed by atoms with Crippen LogP contribution in [0.2, 0.25) is 0 Å². The van der Waals surface area contributed by atoms with Gasteiger partial charge in [0.2, 0.25) is 11.8 Å². The molecular formula is C17H24N4OS.